The molecule has 11 aromatic carbocycles. The SMILES string of the molecule is N#Cc1cc(-n2c3ccc(N(c4ccccc4)c4ccccc4)cc3c3c4oc5ccccc5c4ccc32)c(C#N)c(-n2c3ccc(N(c4ccccc4)c4ccccc4)cc3c3c4oc5ccccc5c4ccc32)c1. The minimum Gasteiger partial charge on any atom is -0.455 e. The third-order valence-corrected chi connectivity index (χ3v) is 14.9. The van der Waals surface area contributed by atoms with Gasteiger partial charge in [-0.05, 0) is 133 Å². The Morgan fingerprint density at radius 2 is 0.684 bits per heavy atom. The predicted molar refractivity (Wildman–Crippen MR) is 308 cm³/mol. The lowest BCUT2D eigenvalue weighted by Crippen LogP contribution is -2.09. The third-order valence-electron chi connectivity index (χ3n) is 14.9. The third kappa shape index (κ3) is 6.42. The molecule has 0 aliphatic heterocycles. The van der Waals surface area contributed by atoms with Crippen LogP contribution in [0.3, 0.4) is 0 Å². The maximum Gasteiger partial charge on any atom is 0.145 e. The highest BCUT2D eigenvalue weighted by atomic mass is 16.3. The van der Waals surface area contributed by atoms with E-state index in [0.717, 1.165) is 122 Å². The van der Waals surface area contributed by atoms with Gasteiger partial charge in [-0.25, -0.2) is 0 Å². The fraction of sp³-hybridized carbons (Fsp3) is 0. The van der Waals surface area contributed by atoms with Crippen molar-refractivity contribution in [3.05, 3.63) is 254 Å². The van der Waals surface area contributed by atoms with Crippen LogP contribution in [0.1, 0.15) is 11.1 Å². The lowest BCUT2D eigenvalue weighted by atomic mass is 10.1. The Balaban J connectivity index is 1.03. The zero-order valence-corrected chi connectivity index (χ0v) is 40.6. The summed E-state index contributed by atoms with van der Waals surface area (Å²) in [5.74, 6) is 0. The summed E-state index contributed by atoms with van der Waals surface area (Å²) in [7, 11) is 0. The highest BCUT2D eigenvalue weighted by Gasteiger charge is 2.27. The molecule has 0 atom stereocenters. The Hall–Kier alpha value is -10.8. The van der Waals surface area contributed by atoms with Crippen LogP contribution in [0, 0.1) is 22.7 Å². The summed E-state index contributed by atoms with van der Waals surface area (Å²) in [5.41, 5.74) is 14.3. The topological polar surface area (TPSA) is 90.2 Å². The van der Waals surface area contributed by atoms with Gasteiger partial charge < -0.3 is 27.8 Å². The van der Waals surface area contributed by atoms with Crippen molar-refractivity contribution in [2.24, 2.45) is 0 Å². The predicted octanol–water partition coefficient (Wildman–Crippen LogP) is 18.4. The zero-order chi connectivity index (χ0) is 50.4. The molecule has 0 amide bonds. The Morgan fingerprint density at radius 1 is 0.316 bits per heavy atom. The highest BCUT2D eigenvalue weighted by Crippen LogP contribution is 2.47. The van der Waals surface area contributed by atoms with Crippen LogP contribution in [0.15, 0.2) is 251 Å². The minimum absolute atomic E-state index is 0.393. The van der Waals surface area contributed by atoms with Crippen LogP contribution in [0.2, 0.25) is 0 Å². The molecule has 0 radical (unpaired) electrons. The normalized spacial score (nSPS) is 11.7. The van der Waals surface area contributed by atoms with E-state index in [9.17, 15) is 10.5 Å². The van der Waals surface area contributed by atoms with Crippen molar-refractivity contribution in [1.29, 1.82) is 10.5 Å². The van der Waals surface area contributed by atoms with E-state index in [1.54, 1.807) is 0 Å². The van der Waals surface area contributed by atoms with Gasteiger partial charge in [0.15, 0.2) is 0 Å². The largest absolute Gasteiger partial charge is 0.455 e. The molecule has 0 unspecified atom stereocenters. The Morgan fingerprint density at radius 3 is 1.07 bits per heavy atom. The van der Waals surface area contributed by atoms with Gasteiger partial charge in [0.05, 0.1) is 55.8 Å². The van der Waals surface area contributed by atoms with E-state index in [-0.39, 0.29) is 0 Å². The molecule has 4 heterocycles. The molecule has 0 spiro atoms. The molecule has 0 N–H and O–H groups in total. The fourth-order valence-electron chi connectivity index (χ4n) is 11.7. The number of nitrogens with zero attached hydrogens (tertiary/aromatic N) is 6. The van der Waals surface area contributed by atoms with Crippen molar-refractivity contribution in [1.82, 2.24) is 9.13 Å². The second-order valence-corrected chi connectivity index (χ2v) is 19.1. The van der Waals surface area contributed by atoms with Crippen molar-refractivity contribution in [3.63, 3.8) is 0 Å². The van der Waals surface area contributed by atoms with E-state index in [0.29, 0.717) is 22.5 Å². The van der Waals surface area contributed by atoms with Crippen LogP contribution in [0.5, 0.6) is 0 Å². The summed E-state index contributed by atoms with van der Waals surface area (Å²) < 4.78 is 18.0. The van der Waals surface area contributed by atoms with E-state index in [4.69, 9.17) is 8.83 Å². The molecule has 8 heteroatoms. The van der Waals surface area contributed by atoms with Crippen molar-refractivity contribution in [3.8, 4) is 23.5 Å². The number of anilines is 6. The van der Waals surface area contributed by atoms with Crippen molar-refractivity contribution < 1.29 is 8.83 Å². The molecule has 15 aromatic rings. The summed E-state index contributed by atoms with van der Waals surface area (Å²) in [6, 6.07) is 88.0. The molecule has 354 valence electrons. The summed E-state index contributed by atoms with van der Waals surface area (Å²) >= 11 is 0. The van der Waals surface area contributed by atoms with Gasteiger partial charge in [0, 0.05) is 66.4 Å². The van der Waals surface area contributed by atoms with Gasteiger partial charge in [-0.15, -0.1) is 0 Å². The molecule has 0 aliphatic carbocycles. The molecular formula is C68H40N6O2. The molecule has 0 saturated heterocycles. The first kappa shape index (κ1) is 42.8. The van der Waals surface area contributed by atoms with Gasteiger partial charge in [-0.2, -0.15) is 10.5 Å². The van der Waals surface area contributed by atoms with E-state index in [1.165, 1.54) is 0 Å². The van der Waals surface area contributed by atoms with Gasteiger partial charge in [0.2, 0.25) is 0 Å². The summed E-state index contributed by atoms with van der Waals surface area (Å²) in [6.07, 6.45) is 0. The first-order chi connectivity index (χ1) is 37.6. The van der Waals surface area contributed by atoms with Gasteiger partial charge in [-0.1, -0.05) is 109 Å². The summed E-state index contributed by atoms with van der Waals surface area (Å²) in [5, 5.41) is 30.6. The number of furan rings is 2. The number of fused-ring (bicyclic) bond motifs is 14. The lowest BCUT2D eigenvalue weighted by molar-refractivity contribution is 0.672. The second kappa shape index (κ2) is 16.9. The van der Waals surface area contributed by atoms with Crippen LogP contribution in [0.25, 0.3) is 98.9 Å². The van der Waals surface area contributed by atoms with Crippen LogP contribution in [0.4, 0.5) is 34.1 Å². The molecule has 76 heavy (non-hydrogen) atoms. The number of hydrogen-bond donors (Lipinski definition) is 0. The number of para-hydroxylation sites is 6. The number of aromatic nitrogens is 2. The molecule has 8 nitrogen and oxygen atoms in total. The number of rotatable bonds is 8. The van der Waals surface area contributed by atoms with E-state index >= 15 is 0 Å². The molecule has 0 aliphatic rings. The van der Waals surface area contributed by atoms with Gasteiger partial charge in [0.1, 0.15) is 34.0 Å². The van der Waals surface area contributed by atoms with Crippen molar-refractivity contribution in [2.45, 2.75) is 0 Å². The second-order valence-electron chi connectivity index (χ2n) is 19.1. The molecule has 0 saturated carbocycles. The molecular weight excluding hydrogens is 933 g/mol. The Labute approximate surface area is 435 Å². The lowest BCUT2D eigenvalue weighted by Gasteiger charge is -2.25. The standard InChI is InChI=1S/C68H40N6O2/c69-41-43-37-61(73-57-33-29-48(71(44-17-5-1-6-18-44)45-19-7-2-8-20-45)39-54(57)65-59(73)35-31-52-50-25-13-15-27-63(50)75-67(52)65)56(42-70)62(38-43)74-58-34-30-49(72(46-21-9-3-10-22-46)47-23-11-4-12-24-47)40-55(58)66-60(74)36-32-53-51-26-14-16-28-64(51)76-68(53)66/h1-40H. The molecule has 0 bridgehead atoms. The number of hydrogen-bond acceptors (Lipinski definition) is 6. The van der Waals surface area contributed by atoms with Gasteiger partial charge in [-0.3, -0.25) is 0 Å². The van der Waals surface area contributed by atoms with Gasteiger partial charge in [0.25, 0.3) is 0 Å². The van der Waals surface area contributed by atoms with E-state index < -0.39 is 0 Å². The average molecular weight is 973 g/mol. The van der Waals surface area contributed by atoms with Gasteiger partial charge >= 0.3 is 0 Å². The summed E-state index contributed by atoms with van der Waals surface area (Å²) in [6.45, 7) is 0. The molecule has 4 aromatic heterocycles. The monoisotopic (exact) mass is 972 g/mol. The summed E-state index contributed by atoms with van der Waals surface area (Å²) in [4.78, 5) is 4.50. The van der Waals surface area contributed by atoms with Crippen LogP contribution in [-0.4, -0.2) is 9.13 Å². The van der Waals surface area contributed by atoms with Crippen LogP contribution < -0.4 is 9.80 Å². The zero-order valence-electron chi connectivity index (χ0n) is 40.6. The minimum atomic E-state index is 0.393. The van der Waals surface area contributed by atoms with Crippen LogP contribution in [-0.2, 0) is 0 Å². The Bertz CT molecular complexity index is 4530. The average Bonchev–Trinajstić information content (AvgIpc) is 4.25. The first-order valence-corrected chi connectivity index (χ1v) is 25.2. The first-order valence-electron chi connectivity index (χ1n) is 25.2. The Kier molecular flexibility index (Phi) is 9.52. The quantitative estimate of drug-likeness (QED) is 0.151. The smallest absolute Gasteiger partial charge is 0.145 e. The highest BCUT2D eigenvalue weighted by molar-refractivity contribution is 6.26. The maximum absolute atomic E-state index is 11.8. The van der Waals surface area contributed by atoms with Crippen LogP contribution >= 0.6 is 0 Å². The van der Waals surface area contributed by atoms with Crippen molar-refractivity contribution >= 4 is 122 Å². The van der Waals surface area contributed by atoms with E-state index in [1.807, 2.05) is 72.8 Å². The number of benzene rings is 11. The fourth-order valence-corrected chi connectivity index (χ4v) is 11.7. The van der Waals surface area contributed by atoms with Crippen molar-refractivity contribution in [2.75, 3.05) is 9.80 Å². The molecule has 0 fully saturated rings. The van der Waals surface area contributed by atoms with E-state index in [2.05, 4.69) is 201 Å². The number of nitriles is 2. The molecule has 15 rings (SSSR count). The maximum atomic E-state index is 11.8.